The highest BCUT2D eigenvalue weighted by molar-refractivity contribution is 5.73. The predicted octanol–water partition coefficient (Wildman–Crippen LogP) is 1.58. The van der Waals surface area contributed by atoms with Gasteiger partial charge in [0.05, 0.1) is 12.5 Å². The van der Waals surface area contributed by atoms with Crippen molar-refractivity contribution in [3.05, 3.63) is 0 Å². The van der Waals surface area contributed by atoms with Crippen LogP contribution in [0.25, 0.3) is 0 Å². The van der Waals surface area contributed by atoms with Crippen LogP contribution in [0.3, 0.4) is 0 Å². The van der Waals surface area contributed by atoms with Crippen molar-refractivity contribution in [3.63, 3.8) is 0 Å². The molecule has 1 aliphatic carbocycles. The van der Waals surface area contributed by atoms with Gasteiger partial charge in [-0.2, -0.15) is 0 Å². The molecule has 1 aliphatic heterocycles. The molecule has 0 radical (unpaired) electrons. The lowest BCUT2D eigenvalue weighted by atomic mass is 9.83. The summed E-state index contributed by atoms with van der Waals surface area (Å²) >= 11 is 0. The average Bonchev–Trinajstić information content (AvgIpc) is 2.55. The summed E-state index contributed by atoms with van der Waals surface area (Å²) in [5.74, 6) is 1.36. The Bertz CT molecular complexity index is 226. The van der Waals surface area contributed by atoms with Gasteiger partial charge in [0, 0.05) is 6.54 Å². The molecule has 2 unspecified atom stereocenters. The largest absolute Gasteiger partial charge is 0.465 e. The average molecular weight is 211 g/mol. The second-order valence-electron chi connectivity index (χ2n) is 5.00. The van der Waals surface area contributed by atoms with E-state index >= 15 is 0 Å². The highest BCUT2D eigenvalue weighted by Gasteiger charge is 2.30. The van der Waals surface area contributed by atoms with Crippen LogP contribution in [0.5, 0.6) is 0 Å². The van der Waals surface area contributed by atoms with E-state index in [9.17, 15) is 4.79 Å². The van der Waals surface area contributed by atoms with Crippen LogP contribution >= 0.6 is 0 Å². The Labute approximate surface area is 91.6 Å². The van der Waals surface area contributed by atoms with Crippen LogP contribution in [-0.2, 0) is 9.53 Å². The van der Waals surface area contributed by atoms with Crippen LogP contribution < -0.4 is 5.32 Å². The van der Waals surface area contributed by atoms with Gasteiger partial charge in [0.15, 0.2) is 0 Å². The van der Waals surface area contributed by atoms with Crippen molar-refractivity contribution in [2.75, 3.05) is 19.7 Å². The van der Waals surface area contributed by atoms with Gasteiger partial charge in [-0.15, -0.1) is 0 Å². The summed E-state index contributed by atoms with van der Waals surface area (Å²) in [5.41, 5.74) is 0. The first kappa shape index (κ1) is 10.9. The highest BCUT2D eigenvalue weighted by Crippen LogP contribution is 2.29. The van der Waals surface area contributed by atoms with E-state index in [4.69, 9.17) is 4.74 Å². The molecular weight excluding hydrogens is 190 g/mol. The molecule has 0 aromatic carbocycles. The van der Waals surface area contributed by atoms with Gasteiger partial charge in [0.1, 0.15) is 0 Å². The summed E-state index contributed by atoms with van der Waals surface area (Å²) in [6.07, 6.45) is 5.10. The van der Waals surface area contributed by atoms with Crippen molar-refractivity contribution in [1.29, 1.82) is 0 Å². The normalized spacial score (nSPS) is 31.3. The SMILES string of the molecule is CC1CNCC1C(=O)OCCC1CCC1. The molecule has 1 saturated carbocycles. The number of hydrogen-bond acceptors (Lipinski definition) is 3. The second-order valence-corrected chi connectivity index (χ2v) is 5.00. The van der Waals surface area contributed by atoms with E-state index in [1.54, 1.807) is 0 Å². The van der Waals surface area contributed by atoms with Crippen molar-refractivity contribution in [3.8, 4) is 0 Å². The maximum atomic E-state index is 11.7. The van der Waals surface area contributed by atoms with Crippen molar-refractivity contribution in [2.45, 2.75) is 32.6 Å². The van der Waals surface area contributed by atoms with Crippen LogP contribution in [0.2, 0.25) is 0 Å². The van der Waals surface area contributed by atoms with Gasteiger partial charge in [0.2, 0.25) is 0 Å². The number of esters is 1. The Kier molecular flexibility index (Phi) is 3.62. The van der Waals surface area contributed by atoms with Crippen molar-refractivity contribution in [2.24, 2.45) is 17.8 Å². The van der Waals surface area contributed by atoms with E-state index in [1.807, 2.05) is 0 Å². The van der Waals surface area contributed by atoms with E-state index in [2.05, 4.69) is 12.2 Å². The van der Waals surface area contributed by atoms with Gasteiger partial charge in [-0.3, -0.25) is 4.79 Å². The zero-order valence-electron chi connectivity index (χ0n) is 9.50. The van der Waals surface area contributed by atoms with E-state index in [1.165, 1.54) is 19.3 Å². The van der Waals surface area contributed by atoms with Gasteiger partial charge >= 0.3 is 5.97 Å². The molecule has 0 aromatic rings. The Morgan fingerprint density at radius 1 is 1.40 bits per heavy atom. The van der Waals surface area contributed by atoms with Crippen LogP contribution in [0.4, 0.5) is 0 Å². The third-order valence-corrected chi connectivity index (χ3v) is 3.82. The lowest BCUT2D eigenvalue weighted by molar-refractivity contribution is -0.149. The minimum absolute atomic E-state index is 0.00632. The zero-order chi connectivity index (χ0) is 10.7. The lowest BCUT2D eigenvalue weighted by Crippen LogP contribution is -2.25. The first-order chi connectivity index (χ1) is 7.27. The molecule has 3 nitrogen and oxygen atoms in total. The Balaban J connectivity index is 1.63. The molecule has 1 saturated heterocycles. The number of carbonyl (C=O) groups excluding carboxylic acids is 1. The summed E-state index contributed by atoms with van der Waals surface area (Å²) < 4.78 is 5.32. The van der Waals surface area contributed by atoms with Gasteiger partial charge in [0.25, 0.3) is 0 Å². The van der Waals surface area contributed by atoms with Crippen molar-refractivity contribution < 1.29 is 9.53 Å². The zero-order valence-corrected chi connectivity index (χ0v) is 9.50. The topological polar surface area (TPSA) is 38.3 Å². The Morgan fingerprint density at radius 3 is 2.73 bits per heavy atom. The molecule has 0 aromatic heterocycles. The second kappa shape index (κ2) is 4.97. The van der Waals surface area contributed by atoms with Crippen molar-refractivity contribution in [1.82, 2.24) is 5.32 Å². The molecule has 15 heavy (non-hydrogen) atoms. The molecule has 0 bridgehead atoms. The monoisotopic (exact) mass is 211 g/mol. The summed E-state index contributed by atoms with van der Waals surface area (Å²) in [7, 11) is 0. The molecule has 86 valence electrons. The maximum absolute atomic E-state index is 11.7. The molecule has 2 aliphatic rings. The van der Waals surface area contributed by atoms with Gasteiger partial charge in [-0.1, -0.05) is 26.2 Å². The molecule has 2 rings (SSSR count). The van der Waals surface area contributed by atoms with Crippen LogP contribution in [0, 0.1) is 17.8 Å². The molecule has 1 heterocycles. The van der Waals surface area contributed by atoms with Gasteiger partial charge in [-0.25, -0.2) is 0 Å². The van der Waals surface area contributed by atoms with Gasteiger partial charge < -0.3 is 10.1 Å². The Hall–Kier alpha value is -0.570. The van der Waals surface area contributed by atoms with E-state index in [0.717, 1.165) is 25.4 Å². The highest BCUT2D eigenvalue weighted by atomic mass is 16.5. The fourth-order valence-corrected chi connectivity index (χ4v) is 2.34. The lowest BCUT2D eigenvalue weighted by Gasteiger charge is -2.25. The quantitative estimate of drug-likeness (QED) is 0.717. The summed E-state index contributed by atoms with van der Waals surface area (Å²) in [5, 5.41) is 3.22. The van der Waals surface area contributed by atoms with E-state index in [0.29, 0.717) is 12.5 Å². The number of rotatable bonds is 4. The molecule has 2 atom stereocenters. The molecule has 0 spiro atoms. The van der Waals surface area contributed by atoms with Crippen LogP contribution in [-0.4, -0.2) is 25.7 Å². The third-order valence-electron chi connectivity index (χ3n) is 3.82. The van der Waals surface area contributed by atoms with Gasteiger partial charge in [-0.05, 0) is 24.8 Å². The molecule has 0 amide bonds. The van der Waals surface area contributed by atoms with Crippen molar-refractivity contribution >= 4 is 5.97 Å². The first-order valence-electron chi connectivity index (χ1n) is 6.14. The molecular formula is C12H21NO2. The van der Waals surface area contributed by atoms with E-state index < -0.39 is 0 Å². The van der Waals surface area contributed by atoms with Crippen LogP contribution in [0.1, 0.15) is 32.6 Å². The smallest absolute Gasteiger partial charge is 0.310 e. The first-order valence-corrected chi connectivity index (χ1v) is 6.14. The number of carbonyl (C=O) groups is 1. The molecule has 2 fully saturated rings. The fourth-order valence-electron chi connectivity index (χ4n) is 2.34. The summed E-state index contributed by atoms with van der Waals surface area (Å²) in [6.45, 7) is 4.48. The molecule has 3 heteroatoms. The predicted molar refractivity (Wildman–Crippen MR) is 58.4 cm³/mol. The third kappa shape index (κ3) is 2.71. The maximum Gasteiger partial charge on any atom is 0.310 e. The minimum atomic E-state index is 0.00632. The van der Waals surface area contributed by atoms with E-state index in [-0.39, 0.29) is 11.9 Å². The standard InChI is InChI=1S/C12H21NO2/c1-9-7-13-8-11(9)12(14)15-6-5-10-3-2-4-10/h9-11,13H,2-8H2,1H3. The number of nitrogens with one attached hydrogen (secondary N) is 1. The number of ether oxygens (including phenoxy) is 1. The summed E-state index contributed by atoms with van der Waals surface area (Å²) in [6, 6.07) is 0. The Morgan fingerprint density at radius 2 is 2.20 bits per heavy atom. The minimum Gasteiger partial charge on any atom is -0.465 e. The molecule has 1 N–H and O–H groups in total. The summed E-state index contributed by atoms with van der Waals surface area (Å²) in [4.78, 5) is 11.7. The van der Waals surface area contributed by atoms with Crippen LogP contribution in [0.15, 0.2) is 0 Å². The number of hydrogen-bond donors (Lipinski definition) is 1. The fraction of sp³-hybridized carbons (Fsp3) is 0.917.